The first-order chi connectivity index (χ1) is 15.6. The standard InChI is InChI=1S/C23H29N5O4/c1-31-18-6-4-16(5-7-18)20-13-28-19(14-32-20)21(25-26-28)23(30)27-10-8-17(9-11-27)22(29)24-12-15-2-3-15/h4-7,15,17,20H,2-3,8-14H2,1H3,(H,24,29)/t20-/m1/s1. The molecule has 1 saturated carbocycles. The Morgan fingerprint density at radius 2 is 1.91 bits per heavy atom. The van der Waals surface area contributed by atoms with E-state index in [-0.39, 0.29) is 30.4 Å². The van der Waals surface area contributed by atoms with Crippen LogP contribution in [-0.2, 0) is 22.7 Å². The van der Waals surface area contributed by atoms with E-state index in [1.807, 2.05) is 24.3 Å². The molecule has 3 aliphatic rings. The van der Waals surface area contributed by atoms with Gasteiger partial charge in [0.15, 0.2) is 5.69 Å². The molecule has 3 heterocycles. The minimum atomic E-state index is -0.150. The van der Waals surface area contributed by atoms with Crippen LogP contribution in [0.15, 0.2) is 24.3 Å². The maximum atomic E-state index is 13.1. The number of carbonyl (C=O) groups is 2. The van der Waals surface area contributed by atoms with Crippen LogP contribution in [0.4, 0.5) is 0 Å². The molecular weight excluding hydrogens is 410 g/mol. The fourth-order valence-electron chi connectivity index (χ4n) is 4.40. The third-order valence-corrected chi connectivity index (χ3v) is 6.70. The molecule has 1 aromatic heterocycles. The number of ether oxygens (including phenoxy) is 2. The van der Waals surface area contributed by atoms with Crippen LogP contribution in [0.1, 0.15) is 53.5 Å². The van der Waals surface area contributed by atoms with Crippen molar-refractivity contribution in [1.82, 2.24) is 25.2 Å². The van der Waals surface area contributed by atoms with Crippen LogP contribution in [0.5, 0.6) is 5.75 Å². The van der Waals surface area contributed by atoms with E-state index in [9.17, 15) is 9.59 Å². The van der Waals surface area contributed by atoms with Crippen molar-refractivity contribution in [1.29, 1.82) is 0 Å². The molecule has 0 radical (unpaired) electrons. The lowest BCUT2D eigenvalue weighted by atomic mass is 9.95. The summed E-state index contributed by atoms with van der Waals surface area (Å²) in [5.41, 5.74) is 2.10. The number of aromatic nitrogens is 3. The Labute approximate surface area is 187 Å². The molecule has 2 aliphatic heterocycles. The van der Waals surface area contributed by atoms with Gasteiger partial charge in [-0.3, -0.25) is 9.59 Å². The Morgan fingerprint density at radius 1 is 1.16 bits per heavy atom. The Morgan fingerprint density at radius 3 is 2.59 bits per heavy atom. The highest BCUT2D eigenvalue weighted by atomic mass is 16.5. The largest absolute Gasteiger partial charge is 0.497 e. The van der Waals surface area contributed by atoms with Crippen LogP contribution in [0.2, 0.25) is 0 Å². The second-order valence-corrected chi connectivity index (χ2v) is 8.89. The van der Waals surface area contributed by atoms with Crippen molar-refractivity contribution in [3.8, 4) is 5.75 Å². The van der Waals surface area contributed by atoms with Gasteiger partial charge in [0.2, 0.25) is 5.91 Å². The van der Waals surface area contributed by atoms with Gasteiger partial charge in [-0.05, 0) is 49.3 Å². The van der Waals surface area contributed by atoms with Crippen molar-refractivity contribution >= 4 is 11.8 Å². The third-order valence-electron chi connectivity index (χ3n) is 6.70. The normalized spacial score (nSPS) is 21.2. The predicted octanol–water partition coefficient (Wildman–Crippen LogP) is 1.94. The van der Waals surface area contributed by atoms with Gasteiger partial charge >= 0.3 is 0 Å². The van der Waals surface area contributed by atoms with E-state index in [1.165, 1.54) is 12.8 Å². The first-order valence-electron chi connectivity index (χ1n) is 11.4. The van der Waals surface area contributed by atoms with E-state index >= 15 is 0 Å². The topological polar surface area (TPSA) is 98.6 Å². The number of piperidine rings is 1. The molecule has 0 unspecified atom stereocenters. The van der Waals surface area contributed by atoms with E-state index in [1.54, 1.807) is 16.7 Å². The molecule has 2 amide bonds. The number of nitrogens with zero attached hydrogens (tertiary/aromatic N) is 4. The van der Waals surface area contributed by atoms with Crippen molar-refractivity contribution in [3.63, 3.8) is 0 Å². The highest BCUT2D eigenvalue weighted by Gasteiger charge is 2.33. The highest BCUT2D eigenvalue weighted by Crippen LogP contribution is 2.30. The number of rotatable bonds is 6. The molecule has 9 nitrogen and oxygen atoms in total. The number of methoxy groups -OCH3 is 1. The average molecular weight is 440 g/mol. The average Bonchev–Trinajstić information content (AvgIpc) is 3.59. The lowest BCUT2D eigenvalue weighted by Gasteiger charge is -2.31. The van der Waals surface area contributed by atoms with Crippen molar-refractivity contribution < 1.29 is 19.1 Å². The number of hydrogen-bond acceptors (Lipinski definition) is 6. The first-order valence-corrected chi connectivity index (χ1v) is 11.4. The van der Waals surface area contributed by atoms with E-state index in [0.29, 0.717) is 49.8 Å². The van der Waals surface area contributed by atoms with Gasteiger partial charge in [-0.1, -0.05) is 17.3 Å². The molecule has 170 valence electrons. The van der Waals surface area contributed by atoms with E-state index in [4.69, 9.17) is 9.47 Å². The Kier molecular flexibility index (Phi) is 5.82. The summed E-state index contributed by atoms with van der Waals surface area (Å²) in [7, 11) is 1.64. The Hall–Kier alpha value is -2.94. The minimum Gasteiger partial charge on any atom is -0.497 e. The summed E-state index contributed by atoms with van der Waals surface area (Å²) in [5, 5.41) is 11.5. The smallest absolute Gasteiger partial charge is 0.276 e. The monoisotopic (exact) mass is 439 g/mol. The summed E-state index contributed by atoms with van der Waals surface area (Å²) in [6.45, 7) is 2.70. The molecule has 0 bridgehead atoms. The van der Waals surface area contributed by atoms with Crippen LogP contribution in [0.25, 0.3) is 0 Å². The van der Waals surface area contributed by atoms with Crippen LogP contribution in [0.3, 0.4) is 0 Å². The van der Waals surface area contributed by atoms with Gasteiger partial charge < -0.3 is 19.7 Å². The summed E-state index contributed by atoms with van der Waals surface area (Å²) in [6.07, 6.45) is 3.66. The van der Waals surface area contributed by atoms with Gasteiger partial charge in [-0.25, -0.2) is 4.68 Å². The zero-order chi connectivity index (χ0) is 22.1. The minimum absolute atomic E-state index is 0.0135. The third kappa shape index (κ3) is 4.34. The number of amides is 2. The van der Waals surface area contributed by atoms with Gasteiger partial charge in [0.1, 0.15) is 11.9 Å². The molecule has 1 aromatic carbocycles. The van der Waals surface area contributed by atoms with Crippen LogP contribution < -0.4 is 10.1 Å². The van der Waals surface area contributed by atoms with E-state index < -0.39 is 0 Å². The Bertz CT molecular complexity index is 977. The Balaban J connectivity index is 1.18. The van der Waals surface area contributed by atoms with Crippen LogP contribution in [-0.4, -0.2) is 58.5 Å². The fourth-order valence-corrected chi connectivity index (χ4v) is 4.40. The molecule has 2 fully saturated rings. The molecule has 32 heavy (non-hydrogen) atoms. The van der Waals surface area contributed by atoms with Gasteiger partial charge in [0.05, 0.1) is 26.0 Å². The first kappa shape index (κ1) is 20.9. The molecule has 2 aromatic rings. The second-order valence-electron chi connectivity index (χ2n) is 8.89. The molecule has 1 N–H and O–H groups in total. The molecule has 1 aliphatic carbocycles. The summed E-state index contributed by atoms with van der Waals surface area (Å²) in [5.74, 6) is 1.45. The molecule has 1 atom stereocenters. The van der Waals surface area contributed by atoms with Gasteiger partial charge in [0.25, 0.3) is 5.91 Å². The number of benzene rings is 1. The number of carbonyl (C=O) groups excluding carboxylic acids is 2. The lowest BCUT2D eigenvalue weighted by molar-refractivity contribution is -0.126. The zero-order valence-corrected chi connectivity index (χ0v) is 18.3. The summed E-state index contributed by atoms with van der Waals surface area (Å²) < 4.78 is 13.0. The highest BCUT2D eigenvalue weighted by molar-refractivity contribution is 5.93. The number of likely N-dealkylation sites (tertiary alicyclic amines) is 1. The molecular formula is C23H29N5O4. The van der Waals surface area contributed by atoms with Gasteiger partial charge in [0, 0.05) is 25.6 Å². The van der Waals surface area contributed by atoms with Crippen molar-refractivity contribution in [2.45, 2.75) is 44.9 Å². The number of fused-ring (bicyclic) bond motifs is 1. The molecule has 5 rings (SSSR count). The fraction of sp³-hybridized carbons (Fsp3) is 0.565. The molecule has 1 saturated heterocycles. The van der Waals surface area contributed by atoms with Crippen molar-refractivity contribution in [2.75, 3.05) is 26.7 Å². The van der Waals surface area contributed by atoms with Gasteiger partial charge in [-0.2, -0.15) is 0 Å². The van der Waals surface area contributed by atoms with Crippen LogP contribution >= 0.6 is 0 Å². The quantitative estimate of drug-likeness (QED) is 0.739. The maximum Gasteiger partial charge on any atom is 0.276 e. The predicted molar refractivity (Wildman–Crippen MR) is 115 cm³/mol. The lowest BCUT2D eigenvalue weighted by Crippen LogP contribution is -2.43. The van der Waals surface area contributed by atoms with E-state index in [2.05, 4.69) is 15.6 Å². The summed E-state index contributed by atoms with van der Waals surface area (Å²) in [6, 6.07) is 7.76. The summed E-state index contributed by atoms with van der Waals surface area (Å²) in [4.78, 5) is 27.2. The van der Waals surface area contributed by atoms with E-state index in [0.717, 1.165) is 17.9 Å². The zero-order valence-electron chi connectivity index (χ0n) is 18.3. The second kappa shape index (κ2) is 8.90. The molecule has 9 heteroatoms. The number of nitrogens with one attached hydrogen (secondary N) is 1. The SMILES string of the molecule is COc1ccc([C@H]2Cn3nnc(C(=O)N4CCC(C(=O)NCC5CC5)CC4)c3CO2)cc1. The van der Waals surface area contributed by atoms with Crippen molar-refractivity contribution in [3.05, 3.63) is 41.2 Å². The van der Waals surface area contributed by atoms with Gasteiger partial charge in [-0.15, -0.1) is 5.10 Å². The molecule has 0 spiro atoms. The maximum absolute atomic E-state index is 13.1. The summed E-state index contributed by atoms with van der Waals surface area (Å²) >= 11 is 0. The van der Waals surface area contributed by atoms with Crippen molar-refractivity contribution in [2.24, 2.45) is 11.8 Å². The van der Waals surface area contributed by atoms with Crippen LogP contribution in [0, 0.1) is 11.8 Å². The number of hydrogen-bond donors (Lipinski definition) is 1.